The van der Waals surface area contributed by atoms with E-state index in [0.717, 1.165) is 16.8 Å². The van der Waals surface area contributed by atoms with Crippen LogP contribution in [0, 0.1) is 0 Å². The van der Waals surface area contributed by atoms with Gasteiger partial charge in [-0.3, -0.25) is 0 Å². The van der Waals surface area contributed by atoms with Gasteiger partial charge in [0.2, 0.25) is 0 Å². The standard InChI is InChI=1S/C14H11ClN2O/c15-10-4-5-12-13(8-10)18-14(17-12)7-9-2-1-3-11(16)6-9/h1-6,8H,7,16H2. The van der Waals surface area contributed by atoms with Crippen LogP contribution in [0.4, 0.5) is 5.69 Å². The van der Waals surface area contributed by atoms with Crippen molar-refractivity contribution in [1.29, 1.82) is 0 Å². The van der Waals surface area contributed by atoms with Crippen LogP contribution in [0.25, 0.3) is 11.1 Å². The van der Waals surface area contributed by atoms with Gasteiger partial charge in [0.1, 0.15) is 5.52 Å². The van der Waals surface area contributed by atoms with Gasteiger partial charge in [-0.2, -0.15) is 0 Å². The fraction of sp³-hybridized carbons (Fsp3) is 0.0714. The van der Waals surface area contributed by atoms with E-state index in [2.05, 4.69) is 4.98 Å². The van der Waals surface area contributed by atoms with Crippen LogP contribution in [-0.2, 0) is 6.42 Å². The maximum Gasteiger partial charge on any atom is 0.199 e. The van der Waals surface area contributed by atoms with Crippen LogP contribution < -0.4 is 5.73 Å². The molecule has 18 heavy (non-hydrogen) atoms. The number of fused-ring (bicyclic) bond motifs is 1. The van der Waals surface area contributed by atoms with Crippen molar-refractivity contribution < 1.29 is 4.42 Å². The smallest absolute Gasteiger partial charge is 0.199 e. The first-order valence-corrected chi connectivity index (χ1v) is 5.98. The molecule has 0 saturated heterocycles. The molecule has 2 N–H and O–H groups in total. The molecule has 0 amide bonds. The third kappa shape index (κ3) is 2.17. The Morgan fingerprint density at radius 2 is 2.06 bits per heavy atom. The Kier molecular flexibility index (Phi) is 2.68. The number of anilines is 1. The van der Waals surface area contributed by atoms with E-state index in [1.54, 1.807) is 12.1 Å². The summed E-state index contributed by atoms with van der Waals surface area (Å²) >= 11 is 5.90. The van der Waals surface area contributed by atoms with E-state index in [4.69, 9.17) is 21.8 Å². The molecule has 1 aromatic heterocycles. The highest BCUT2D eigenvalue weighted by Crippen LogP contribution is 2.21. The molecule has 0 saturated carbocycles. The predicted octanol–water partition coefficient (Wildman–Crippen LogP) is 3.65. The lowest BCUT2D eigenvalue weighted by Gasteiger charge is -1.98. The largest absolute Gasteiger partial charge is 0.440 e. The topological polar surface area (TPSA) is 52.0 Å². The number of nitrogen functional groups attached to an aromatic ring is 1. The van der Waals surface area contributed by atoms with Gasteiger partial charge in [0, 0.05) is 23.2 Å². The van der Waals surface area contributed by atoms with Gasteiger partial charge in [0.05, 0.1) is 0 Å². The molecule has 2 aromatic carbocycles. The maximum atomic E-state index is 5.90. The molecule has 3 nitrogen and oxygen atoms in total. The number of hydrogen-bond donors (Lipinski definition) is 1. The summed E-state index contributed by atoms with van der Waals surface area (Å²) in [4.78, 5) is 4.41. The van der Waals surface area contributed by atoms with Crippen LogP contribution in [-0.4, -0.2) is 4.98 Å². The van der Waals surface area contributed by atoms with Crippen LogP contribution in [0.3, 0.4) is 0 Å². The number of oxazole rings is 1. The molecule has 0 aliphatic carbocycles. The van der Waals surface area contributed by atoms with Crippen LogP contribution >= 0.6 is 11.6 Å². The summed E-state index contributed by atoms with van der Waals surface area (Å²) in [7, 11) is 0. The molecule has 1 heterocycles. The zero-order valence-electron chi connectivity index (χ0n) is 9.56. The molecular weight excluding hydrogens is 248 g/mol. The summed E-state index contributed by atoms with van der Waals surface area (Å²) < 4.78 is 5.66. The van der Waals surface area contributed by atoms with E-state index in [1.807, 2.05) is 30.3 Å². The number of benzene rings is 2. The lowest BCUT2D eigenvalue weighted by atomic mass is 10.1. The second kappa shape index (κ2) is 4.35. The molecule has 0 unspecified atom stereocenters. The predicted molar refractivity (Wildman–Crippen MR) is 72.7 cm³/mol. The minimum absolute atomic E-state index is 0.622. The Morgan fingerprint density at radius 3 is 2.89 bits per heavy atom. The van der Waals surface area contributed by atoms with Crippen molar-refractivity contribution in [3.8, 4) is 0 Å². The monoisotopic (exact) mass is 258 g/mol. The van der Waals surface area contributed by atoms with E-state index in [9.17, 15) is 0 Å². The van der Waals surface area contributed by atoms with E-state index >= 15 is 0 Å². The molecule has 90 valence electrons. The number of rotatable bonds is 2. The number of aromatic nitrogens is 1. The number of halogens is 1. The van der Waals surface area contributed by atoms with E-state index in [0.29, 0.717) is 22.9 Å². The quantitative estimate of drug-likeness (QED) is 0.714. The average molecular weight is 259 g/mol. The number of nitrogens with two attached hydrogens (primary N) is 1. The molecule has 3 rings (SSSR count). The van der Waals surface area contributed by atoms with E-state index in [-0.39, 0.29) is 0 Å². The molecule has 0 fully saturated rings. The van der Waals surface area contributed by atoms with E-state index < -0.39 is 0 Å². The highest BCUT2D eigenvalue weighted by Gasteiger charge is 2.07. The molecule has 0 aliphatic heterocycles. The highest BCUT2D eigenvalue weighted by atomic mass is 35.5. The summed E-state index contributed by atoms with van der Waals surface area (Å²) in [6, 6.07) is 13.1. The van der Waals surface area contributed by atoms with Gasteiger partial charge in [-0.1, -0.05) is 23.7 Å². The first-order valence-electron chi connectivity index (χ1n) is 5.60. The summed E-state index contributed by atoms with van der Waals surface area (Å²) in [5.74, 6) is 0.665. The molecule has 4 heteroatoms. The SMILES string of the molecule is Nc1cccc(Cc2nc3ccc(Cl)cc3o2)c1. The third-order valence-electron chi connectivity index (χ3n) is 2.70. The van der Waals surface area contributed by atoms with E-state index in [1.165, 1.54) is 0 Å². The Hall–Kier alpha value is -2.00. The van der Waals surface area contributed by atoms with Crippen LogP contribution in [0.15, 0.2) is 46.9 Å². The van der Waals surface area contributed by atoms with Crippen molar-refractivity contribution in [2.75, 3.05) is 5.73 Å². The Morgan fingerprint density at radius 1 is 1.17 bits per heavy atom. The van der Waals surface area contributed by atoms with Crippen molar-refractivity contribution in [1.82, 2.24) is 4.98 Å². The Labute approximate surface area is 109 Å². The molecule has 0 spiro atoms. The number of nitrogens with zero attached hydrogens (tertiary/aromatic N) is 1. The molecule has 0 atom stereocenters. The minimum atomic E-state index is 0.622. The minimum Gasteiger partial charge on any atom is -0.440 e. The summed E-state index contributed by atoms with van der Waals surface area (Å²) in [5.41, 5.74) is 9.09. The molecular formula is C14H11ClN2O. The van der Waals surface area contributed by atoms with Crippen molar-refractivity contribution in [3.05, 3.63) is 58.9 Å². The zero-order chi connectivity index (χ0) is 12.5. The molecule has 0 aliphatic rings. The fourth-order valence-electron chi connectivity index (χ4n) is 1.90. The maximum absolute atomic E-state index is 5.90. The summed E-state index contributed by atoms with van der Waals surface area (Å²) in [6.45, 7) is 0. The fourth-order valence-corrected chi connectivity index (χ4v) is 2.06. The lowest BCUT2D eigenvalue weighted by molar-refractivity contribution is 0.544. The summed E-state index contributed by atoms with van der Waals surface area (Å²) in [6.07, 6.45) is 0.622. The normalized spacial score (nSPS) is 10.9. The zero-order valence-corrected chi connectivity index (χ0v) is 10.3. The van der Waals surface area contributed by atoms with Crippen molar-refractivity contribution in [2.24, 2.45) is 0 Å². The van der Waals surface area contributed by atoms with Gasteiger partial charge < -0.3 is 10.2 Å². The molecule has 0 radical (unpaired) electrons. The Balaban J connectivity index is 1.95. The number of hydrogen-bond acceptors (Lipinski definition) is 3. The van der Waals surface area contributed by atoms with Gasteiger partial charge in [0.15, 0.2) is 11.5 Å². The van der Waals surface area contributed by atoms with Crippen LogP contribution in [0.5, 0.6) is 0 Å². The van der Waals surface area contributed by atoms with Crippen LogP contribution in [0.2, 0.25) is 5.02 Å². The second-order valence-corrected chi connectivity index (χ2v) is 4.58. The molecule has 3 aromatic rings. The van der Waals surface area contributed by atoms with Crippen LogP contribution in [0.1, 0.15) is 11.5 Å². The van der Waals surface area contributed by atoms with Gasteiger partial charge in [-0.05, 0) is 29.8 Å². The van der Waals surface area contributed by atoms with Crippen molar-refractivity contribution in [2.45, 2.75) is 6.42 Å². The third-order valence-corrected chi connectivity index (χ3v) is 2.94. The highest BCUT2D eigenvalue weighted by molar-refractivity contribution is 6.31. The van der Waals surface area contributed by atoms with Gasteiger partial charge in [0.25, 0.3) is 0 Å². The van der Waals surface area contributed by atoms with Gasteiger partial charge in [-0.25, -0.2) is 4.98 Å². The second-order valence-electron chi connectivity index (χ2n) is 4.14. The molecule has 0 bridgehead atoms. The summed E-state index contributed by atoms with van der Waals surface area (Å²) in [5, 5.41) is 0.647. The first-order chi connectivity index (χ1) is 8.70. The Bertz CT molecular complexity index is 706. The first kappa shape index (κ1) is 11.1. The lowest BCUT2D eigenvalue weighted by Crippen LogP contribution is -1.90. The van der Waals surface area contributed by atoms with Crippen molar-refractivity contribution in [3.63, 3.8) is 0 Å². The average Bonchev–Trinajstić information content (AvgIpc) is 2.70. The van der Waals surface area contributed by atoms with Crippen molar-refractivity contribution >= 4 is 28.4 Å². The van der Waals surface area contributed by atoms with Gasteiger partial charge >= 0.3 is 0 Å². The van der Waals surface area contributed by atoms with Gasteiger partial charge in [-0.15, -0.1) is 0 Å².